The van der Waals surface area contributed by atoms with Gasteiger partial charge in [-0.15, -0.1) is 0 Å². The van der Waals surface area contributed by atoms with Crippen molar-refractivity contribution in [3.05, 3.63) is 0 Å². The van der Waals surface area contributed by atoms with Gasteiger partial charge in [-0.1, -0.05) is 0 Å². The minimum atomic E-state index is -0.312. The summed E-state index contributed by atoms with van der Waals surface area (Å²) in [6, 6.07) is -0.508. The number of fused-ring (bicyclic) bond motifs is 1. The maximum atomic E-state index is 12.0. The number of hydrogen-bond donors (Lipinski definition) is 2. The molecule has 5 heteroatoms. The summed E-state index contributed by atoms with van der Waals surface area (Å²) in [6.45, 7) is 1.38. The largest absolute Gasteiger partial charge is 0.343 e. The second-order valence-corrected chi connectivity index (χ2v) is 4.54. The topological polar surface area (TPSA) is 75.4 Å². The first kappa shape index (κ1) is 11.4. The SMILES string of the molecule is NCCCCC1NC(=O)C2CCCN2C1=O. The standard InChI is InChI=1S/C11H19N3O2/c12-6-2-1-4-8-11(16)14-7-3-5-9(14)10(15)13-8/h8-9H,1-7,12H2,(H,13,15). The van der Waals surface area contributed by atoms with E-state index >= 15 is 0 Å². The highest BCUT2D eigenvalue weighted by molar-refractivity contribution is 5.97. The van der Waals surface area contributed by atoms with Crippen LogP contribution in [0.3, 0.4) is 0 Å². The van der Waals surface area contributed by atoms with Gasteiger partial charge in [-0.3, -0.25) is 9.59 Å². The molecule has 2 aliphatic heterocycles. The molecule has 3 N–H and O–H groups in total. The Morgan fingerprint density at radius 1 is 1.38 bits per heavy atom. The van der Waals surface area contributed by atoms with E-state index in [9.17, 15) is 9.59 Å². The van der Waals surface area contributed by atoms with E-state index in [-0.39, 0.29) is 23.9 Å². The summed E-state index contributed by atoms with van der Waals surface area (Å²) in [7, 11) is 0. The first-order chi connectivity index (χ1) is 7.74. The molecule has 2 amide bonds. The van der Waals surface area contributed by atoms with Crippen LogP contribution in [0, 0.1) is 0 Å². The van der Waals surface area contributed by atoms with Crippen molar-refractivity contribution in [2.45, 2.75) is 44.2 Å². The molecule has 2 saturated heterocycles. The van der Waals surface area contributed by atoms with Crippen LogP contribution < -0.4 is 11.1 Å². The van der Waals surface area contributed by atoms with Gasteiger partial charge in [0.1, 0.15) is 12.1 Å². The van der Waals surface area contributed by atoms with E-state index in [0.717, 1.165) is 32.2 Å². The lowest BCUT2D eigenvalue weighted by molar-refractivity contribution is -0.147. The first-order valence-electron chi connectivity index (χ1n) is 6.05. The van der Waals surface area contributed by atoms with Gasteiger partial charge in [0.25, 0.3) is 0 Å². The molecule has 2 aliphatic rings. The summed E-state index contributed by atoms with van der Waals surface area (Å²) in [5.41, 5.74) is 5.41. The van der Waals surface area contributed by atoms with Crippen LogP contribution in [0.2, 0.25) is 0 Å². The van der Waals surface area contributed by atoms with Crippen molar-refractivity contribution in [1.82, 2.24) is 10.2 Å². The molecule has 16 heavy (non-hydrogen) atoms. The van der Waals surface area contributed by atoms with Crippen LogP contribution in [-0.4, -0.2) is 41.9 Å². The Bertz CT molecular complexity index is 293. The minimum absolute atomic E-state index is 0.0230. The molecule has 0 bridgehead atoms. The molecule has 0 spiro atoms. The number of carbonyl (C=O) groups excluding carboxylic acids is 2. The van der Waals surface area contributed by atoms with E-state index in [0.29, 0.717) is 13.0 Å². The highest BCUT2D eigenvalue weighted by atomic mass is 16.2. The third-order valence-electron chi connectivity index (χ3n) is 3.40. The number of nitrogens with zero attached hydrogens (tertiary/aromatic N) is 1. The molecule has 0 saturated carbocycles. The zero-order valence-electron chi connectivity index (χ0n) is 9.45. The lowest BCUT2D eigenvalue weighted by atomic mass is 10.0. The molecular weight excluding hydrogens is 206 g/mol. The number of nitrogens with one attached hydrogen (secondary N) is 1. The van der Waals surface area contributed by atoms with Crippen LogP contribution in [0.25, 0.3) is 0 Å². The van der Waals surface area contributed by atoms with Gasteiger partial charge in [-0.05, 0) is 38.6 Å². The number of unbranched alkanes of at least 4 members (excludes halogenated alkanes) is 1. The quantitative estimate of drug-likeness (QED) is 0.639. The third kappa shape index (κ3) is 2.04. The van der Waals surface area contributed by atoms with Crippen LogP contribution in [0.15, 0.2) is 0 Å². The number of piperazine rings is 1. The van der Waals surface area contributed by atoms with Crippen LogP contribution in [0.1, 0.15) is 32.1 Å². The average Bonchev–Trinajstić information content (AvgIpc) is 2.75. The fourth-order valence-electron chi connectivity index (χ4n) is 2.52. The maximum absolute atomic E-state index is 12.0. The van der Waals surface area contributed by atoms with E-state index in [1.54, 1.807) is 4.90 Å². The molecule has 2 rings (SSSR count). The summed E-state index contributed by atoms with van der Waals surface area (Å²) in [6.07, 6.45) is 4.27. The Labute approximate surface area is 95.3 Å². The minimum Gasteiger partial charge on any atom is -0.343 e. The molecule has 2 fully saturated rings. The van der Waals surface area contributed by atoms with Gasteiger partial charge in [-0.25, -0.2) is 0 Å². The van der Waals surface area contributed by atoms with E-state index in [1.165, 1.54) is 0 Å². The zero-order chi connectivity index (χ0) is 11.5. The van der Waals surface area contributed by atoms with Crippen LogP contribution in [-0.2, 0) is 9.59 Å². The van der Waals surface area contributed by atoms with E-state index in [2.05, 4.69) is 5.32 Å². The molecule has 2 unspecified atom stereocenters. The third-order valence-corrected chi connectivity index (χ3v) is 3.40. The highest BCUT2D eigenvalue weighted by Crippen LogP contribution is 2.23. The monoisotopic (exact) mass is 225 g/mol. The van der Waals surface area contributed by atoms with Crippen molar-refractivity contribution in [3.8, 4) is 0 Å². The molecule has 0 aromatic carbocycles. The predicted octanol–water partition coefficient (Wildman–Crippen LogP) is -0.395. The molecular formula is C11H19N3O2. The Balaban J connectivity index is 1.94. The normalized spacial score (nSPS) is 29.2. The Hall–Kier alpha value is -1.10. The Morgan fingerprint density at radius 2 is 2.19 bits per heavy atom. The molecule has 2 heterocycles. The van der Waals surface area contributed by atoms with Crippen LogP contribution >= 0.6 is 0 Å². The molecule has 0 aromatic heterocycles. The number of rotatable bonds is 4. The second kappa shape index (κ2) is 4.82. The lowest BCUT2D eigenvalue weighted by Gasteiger charge is -2.34. The van der Waals surface area contributed by atoms with Gasteiger partial charge < -0.3 is 16.0 Å². The molecule has 0 radical (unpaired) electrons. The summed E-state index contributed by atoms with van der Waals surface area (Å²) in [4.78, 5) is 25.5. The predicted molar refractivity (Wildman–Crippen MR) is 59.6 cm³/mol. The van der Waals surface area contributed by atoms with Crippen molar-refractivity contribution in [2.75, 3.05) is 13.1 Å². The molecule has 0 aromatic rings. The van der Waals surface area contributed by atoms with Crippen molar-refractivity contribution in [3.63, 3.8) is 0 Å². The average molecular weight is 225 g/mol. The summed E-state index contributed by atoms with van der Waals surface area (Å²) in [5, 5.41) is 2.83. The fraction of sp³-hybridized carbons (Fsp3) is 0.818. The van der Waals surface area contributed by atoms with E-state index in [4.69, 9.17) is 5.73 Å². The smallest absolute Gasteiger partial charge is 0.245 e. The second-order valence-electron chi connectivity index (χ2n) is 4.54. The van der Waals surface area contributed by atoms with E-state index < -0.39 is 0 Å². The molecule has 5 nitrogen and oxygen atoms in total. The fourth-order valence-corrected chi connectivity index (χ4v) is 2.52. The van der Waals surface area contributed by atoms with Gasteiger partial charge >= 0.3 is 0 Å². The summed E-state index contributed by atoms with van der Waals surface area (Å²) < 4.78 is 0. The first-order valence-corrected chi connectivity index (χ1v) is 6.05. The van der Waals surface area contributed by atoms with Crippen molar-refractivity contribution in [2.24, 2.45) is 5.73 Å². The van der Waals surface area contributed by atoms with Gasteiger partial charge in [0.2, 0.25) is 11.8 Å². The number of nitrogens with two attached hydrogens (primary N) is 1. The Morgan fingerprint density at radius 3 is 2.94 bits per heavy atom. The van der Waals surface area contributed by atoms with Gasteiger partial charge in [0.05, 0.1) is 0 Å². The van der Waals surface area contributed by atoms with Crippen LogP contribution in [0.5, 0.6) is 0 Å². The zero-order valence-corrected chi connectivity index (χ0v) is 9.45. The maximum Gasteiger partial charge on any atom is 0.245 e. The number of amides is 2. The summed E-state index contributed by atoms with van der Waals surface area (Å²) in [5.74, 6) is 0.119. The van der Waals surface area contributed by atoms with Crippen LogP contribution in [0.4, 0.5) is 0 Å². The van der Waals surface area contributed by atoms with Gasteiger partial charge in [-0.2, -0.15) is 0 Å². The molecule has 2 atom stereocenters. The van der Waals surface area contributed by atoms with Gasteiger partial charge in [0.15, 0.2) is 0 Å². The Kier molecular flexibility index (Phi) is 3.43. The molecule has 90 valence electrons. The van der Waals surface area contributed by atoms with Gasteiger partial charge in [0, 0.05) is 6.54 Å². The summed E-state index contributed by atoms with van der Waals surface area (Å²) >= 11 is 0. The lowest BCUT2D eigenvalue weighted by Crippen LogP contribution is -2.61. The van der Waals surface area contributed by atoms with Crippen molar-refractivity contribution >= 4 is 11.8 Å². The highest BCUT2D eigenvalue weighted by Gasteiger charge is 2.42. The number of hydrogen-bond acceptors (Lipinski definition) is 3. The van der Waals surface area contributed by atoms with E-state index in [1.807, 2.05) is 0 Å². The van der Waals surface area contributed by atoms with Crippen molar-refractivity contribution < 1.29 is 9.59 Å². The van der Waals surface area contributed by atoms with Crippen molar-refractivity contribution in [1.29, 1.82) is 0 Å². The number of carbonyl (C=O) groups is 2. The molecule has 0 aliphatic carbocycles.